The first-order valence-corrected chi connectivity index (χ1v) is 10.9. The summed E-state index contributed by atoms with van der Waals surface area (Å²) in [5, 5.41) is 0. The molecule has 3 nitrogen and oxygen atoms in total. The molecule has 5 rings (SSSR count). The molecule has 0 saturated heterocycles. The topological polar surface area (TPSA) is 31.0 Å². The Morgan fingerprint density at radius 2 is 1.34 bits per heavy atom. The number of furan rings is 1. The van der Waals surface area contributed by atoms with Gasteiger partial charge in [-0.2, -0.15) is 0 Å². The summed E-state index contributed by atoms with van der Waals surface area (Å²) in [5.74, 6) is 2.72. The van der Waals surface area contributed by atoms with Gasteiger partial charge in [-0.15, -0.1) is 0 Å². The van der Waals surface area contributed by atoms with Crippen LogP contribution in [-0.4, -0.2) is 9.55 Å². The van der Waals surface area contributed by atoms with Crippen molar-refractivity contribution < 1.29 is 4.42 Å². The number of aromatic nitrogens is 2. The molecule has 0 bridgehead atoms. The van der Waals surface area contributed by atoms with Crippen LogP contribution in [0.5, 0.6) is 0 Å². The third kappa shape index (κ3) is 3.56. The van der Waals surface area contributed by atoms with Crippen molar-refractivity contribution in [3.8, 4) is 39.5 Å². The van der Waals surface area contributed by atoms with Gasteiger partial charge in [0.1, 0.15) is 17.3 Å². The lowest BCUT2D eigenvalue weighted by Crippen LogP contribution is -2.01. The molecule has 0 saturated carbocycles. The fourth-order valence-electron chi connectivity index (χ4n) is 4.42. The van der Waals surface area contributed by atoms with Gasteiger partial charge in [-0.25, -0.2) is 4.98 Å². The van der Waals surface area contributed by atoms with Crippen molar-refractivity contribution in [3.63, 3.8) is 0 Å². The second kappa shape index (κ2) is 8.01. The molecule has 2 aromatic heterocycles. The zero-order valence-corrected chi connectivity index (χ0v) is 18.9. The molecule has 0 unspecified atom stereocenters. The number of para-hydroxylation sites is 1. The van der Waals surface area contributed by atoms with Crippen LogP contribution in [0.25, 0.3) is 39.5 Å². The van der Waals surface area contributed by atoms with Gasteiger partial charge in [0, 0.05) is 22.9 Å². The Labute approximate surface area is 189 Å². The van der Waals surface area contributed by atoms with Crippen LogP contribution in [0.2, 0.25) is 0 Å². The minimum Gasteiger partial charge on any atom is -0.461 e. The van der Waals surface area contributed by atoms with Crippen LogP contribution in [-0.2, 0) is 0 Å². The number of hydrogen-bond acceptors (Lipinski definition) is 2. The normalized spacial score (nSPS) is 11.1. The number of hydrogen-bond donors (Lipinski definition) is 0. The van der Waals surface area contributed by atoms with E-state index in [1.54, 1.807) is 0 Å². The fourth-order valence-corrected chi connectivity index (χ4v) is 4.42. The Morgan fingerprint density at radius 3 is 2.09 bits per heavy atom. The van der Waals surface area contributed by atoms with Crippen LogP contribution in [0.3, 0.4) is 0 Å². The van der Waals surface area contributed by atoms with E-state index < -0.39 is 0 Å². The molecule has 2 heterocycles. The average molecular weight is 419 g/mol. The monoisotopic (exact) mass is 418 g/mol. The number of nitrogens with zero attached hydrogens (tertiary/aromatic N) is 2. The number of benzene rings is 3. The van der Waals surface area contributed by atoms with E-state index in [0.717, 1.165) is 45.3 Å². The van der Waals surface area contributed by atoms with Crippen molar-refractivity contribution in [2.24, 2.45) is 0 Å². The molecule has 0 aliphatic carbocycles. The van der Waals surface area contributed by atoms with Gasteiger partial charge in [-0.3, -0.25) is 4.57 Å². The first-order chi connectivity index (χ1) is 15.5. The van der Waals surface area contributed by atoms with E-state index in [9.17, 15) is 0 Å². The van der Waals surface area contributed by atoms with Crippen molar-refractivity contribution in [3.05, 3.63) is 108 Å². The quantitative estimate of drug-likeness (QED) is 0.299. The average Bonchev–Trinajstić information content (AvgIpc) is 3.37. The van der Waals surface area contributed by atoms with Crippen LogP contribution in [0.4, 0.5) is 0 Å². The predicted molar refractivity (Wildman–Crippen MR) is 131 cm³/mol. The molecule has 0 aliphatic heterocycles. The Kier molecular flexibility index (Phi) is 5.02. The summed E-state index contributed by atoms with van der Waals surface area (Å²) in [4.78, 5) is 4.89. The highest BCUT2D eigenvalue weighted by molar-refractivity contribution is 5.82. The van der Waals surface area contributed by atoms with Gasteiger partial charge in [0.05, 0.1) is 11.4 Å². The molecular weight excluding hydrogens is 392 g/mol. The number of aryl methyl sites for hydroxylation is 4. The SMILES string of the molecule is Cc1cn(-c2c(C)cccc2C)c(-c2cccc(-c3oc(C)cc3-c3ccccc3)c2)n1. The van der Waals surface area contributed by atoms with Crippen LogP contribution in [0.15, 0.2) is 89.5 Å². The summed E-state index contributed by atoms with van der Waals surface area (Å²) in [6.45, 7) is 8.34. The largest absolute Gasteiger partial charge is 0.461 e. The van der Waals surface area contributed by atoms with Crippen molar-refractivity contribution >= 4 is 0 Å². The zero-order valence-electron chi connectivity index (χ0n) is 18.9. The Balaban J connectivity index is 1.66. The van der Waals surface area contributed by atoms with E-state index in [0.29, 0.717) is 0 Å². The van der Waals surface area contributed by atoms with Gasteiger partial charge in [0.2, 0.25) is 0 Å². The van der Waals surface area contributed by atoms with E-state index in [2.05, 4.69) is 97.4 Å². The maximum atomic E-state index is 6.18. The van der Waals surface area contributed by atoms with Crippen LogP contribution in [0.1, 0.15) is 22.6 Å². The van der Waals surface area contributed by atoms with Crippen molar-refractivity contribution in [1.29, 1.82) is 0 Å². The smallest absolute Gasteiger partial charge is 0.144 e. The predicted octanol–water partition coefficient (Wildman–Crippen LogP) is 7.70. The zero-order chi connectivity index (χ0) is 22.2. The maximum absolute atomic E-state index is 6.18. The second-order valence-electron chi connectivity index (χ2n) is 8.36. The first kappa shape index (κ1) is 20.1. The molecule has 3 heteroatoms. The number of rotatable bonds is 4. The number of imidazole rings is 1. The maximum Gasteiger partial charge on any atom is 0.144 e. The highest BCUT2D eigenvalue weighted by Crippen LogP contribution is 2.37. The summed E-state index contributed by atoms with van der Waals surface area (Å²) in [6.07, 6.45) is 2.11. The third-order valence-electron chi connectivity index (χ3n) is 5.83. The minimum atomic E-state index is 0.887. The van der Waals surface area contributed by atoms with Crippen LogP contribution in [0, 0.1) is 27.7 Å². The molecule has 32 heavy (non-hydrogen) atoms. The van der Waals surface area contributed by atoms with Crippen LogP contribution < -0.4 is 0 Å². The third-order valence-corrected chi connectivity index (χ3v) is 5.83. The van der Waals surface area contributed by atoms with Crippen molar-refractivity contribution in [1.82, 2.24) is 9.55 Å². The lowest BCUT2D eigenvalue weighted by atomic mass is 10.0. The van der Waals surface area contributed by atoms with Gasteiger partial charge in [-0.05, 0) is 56.5 Å². The molecule has 3 aromatic carbocycles. The van der Waals surface area contributed by atoms with Crippen LogP contribution >= 0.6 is 0 Å². The lowest BCUT2D eigenvalue weighted by Gasteiger charge is -2.14. The molecular formula is C29H26N2O. The minimum absolute atomic E-state index is 0.887. The van der Waals surface area contributed by atoms with E-state index >= 15 is 0 Å². The van der Waals surface area contributed by atoms with Gasteiger partial charge >= 0.3 is 0 Å². The Morgan fingerprint density at radius 1 is 0.688 bits per heavy atom. The standard InChI is InChI=1S/C29H26N2O/c1-19-10-8-11-20(2)27(19)31-18-21(3)30-29(31)25-15-9-14-24(17-25)28-26(16-22(4)32-28)23-12-6-5-7-13-23/h5-18H,1-4H3. The van der Waals surface area contributed by atoms with Gasteiger partial charge < -0.3 is 4.42 Å². The summed E-state index contributed by atoms with van der Waals surface area (Å²) >= 11 is 0. The molecule has 0 radical (unpaired) electrons. The van der Waals surface area contributed by atoms with Gasteiger partial charge in [0.25, 0.3) is 0 Å². The summed E-state index contributed by atoms with van der Waals surface area (Å²) in [6, 6.07) is 27.4. The molecule has 0 spiro atoms. The van der Waals surface area contributed by atoms with E-state index in [1.807, 2.05) is 19.9 Å². The van der Waals surface area contributed by atoms with Crippen molar-refractivity contribution in [2.75, 3.05) is 0 Å². The van der Waals surface area contributed by atoms with E-state index in [1.165, 1.54) is 16.8 Å². The summed E-state index contributed by atoms with van der Waals surface area (Å²) in [5.41, 5.74) is 9.00. The highest BCUT2D eigenvalue weighted by atomic mass is 16.3. The molecule has 0 amide bonds. The molecule has 158 valence electrons. The molecule has 0 N–H and O–H groups in total. The summed E-state index contributed by atoms with van der Waals surface area (Å²) in [7, 11) is 0. The fraction of sp³-hybridized carbons (Fsp3) is 0.138. The lowest BCUT2D eigenvalue weighted by molar-refractivity contribution is 0.549. The second-order valence-corrected chi connectivity index (χ2v) is 8.36. The van der Waals surface area contributed by atoms with E-state index in [4.69, 9.17) is 9.40 Å². The van der Waals surface area contributed by atoms with Gasteiger partial charge in [0.15, 0.2) is 0 Å². The molecule has 0 aliphatic rings. The Hall–Kier alpha value is -3.85. The van der Waals surface area contributed by atoms with Crippen molar-refractivity contribution in [2.45, 2.75) is 27.7 Å². The first-order valence-electron chi connectivity index (χ1n) is 10.9. The van der Waals surface area contributed by atoms with Gasteiger partial charge in [-0.1, -0.05) is 66.7 Å². The highest BCUT2D eigenvalue weighted by Gasteiger charge is 2.17. The Bertz CT molecular complexity index is 1390. The molecule has 0 fully saturated rings. The summed E-state index contributed by atoms with van der Waals surface area (Å²) < 4.78 is 8.39. The van der Waals surface area contributed by atoms with E-state index in [-0.39, 0.29) is 0 Å². The molecule has 0 atom stereocenters. The molecule has 5 aromatic rings.